The number of ether oxygens (including phenoxy) is 1. The molecule has 2 rings (SSSR count). The molecule has 0 unspecified atom stereocenters. The van der Waals surface area contributed by atoms with E-state index in [9.17, 15) is 10.1 Å². The maximum atomic E-state index is 10.9. The standard InChI is InChI=1S/C14H18BrNO3/c15-10-14(8-4-1-5-9-14)11-19-13-7-3-2-6-12(13)16(17)18/h2-3,6-7H,1,4-5,8-11H2. The number of para-hydroxylation sites is 2. The van der Waals surface area contributed by atoms with Crippen molar-refractivity contribution >= 4 is 21.6 Å². The Balaban J connectivity index is 2.07. The Morgan fingerprint density at radius 1 is 1.26 bits per heavy atom. The summed E-state index contributed by atoms with van der Waals surface area (Å²) < 4.78 is 5.76. The van der Waals surface area contributed by atoms with E-state index in [0.717, 1.165) is 18.2 Å². The van der Waals surface area contributed by atoms with Crippen molar-refractivity contribution in [2.75, 3.05) is 11.9 Å². The molecule has 0 atom stereocenters. The van der Waals surface area contributed by atoms with E-state index in [1.54, 1.807) is 18.2 Å². The van der Waals surface area contributed by atoms with Crippen LogP contribution in [0.4, 0.5) is 5.69 Å². The molecule has 0 spiro atoms. The Hall–Kier alpha value is -1.10. The molecule has 1 aliphatic rings. The highest BCUT2D eigenvalue weighted by atomic mass is 79.9. The molecule has 1 aromatic carbocycles. The molecule has 0 bridgehead atoms. The van der Waals surface area contributed by atoms with E-state index in [-0.39, 0.29) is 11.1 Å². The number of hydrogen-bond acceptors (Lipinski definition) is 3. The number of nitro benzene ring substituents is 1. The predicted molar refractivity (Wildman–Crippen MR) is 77.9 cm³/mol. The third-order valence-electron chi connectivity index (χ3n) is 3.79. The highest BCUT2D eigenvalue weighted by Crippen LogP contribution is 2.39. The number of halogens is 1. The van der Waals surface area contributed by atoms with Crippen LogP contribution in [-0.2, 0) is 0 Å². The van der Waals surface area contributed by atoms with Gasteiger partial charge in [0.25, 0.3) is 0 Å². The molecule has 0 aliphatic heterocycles. The Labute approximate surface area is 121 Å². The van der Waals surface area contributed by atoms with Crippen LogP contribution in [0.25, 0.3) is 0 Å². The van der Waals surface area contributed by atoms with Crippen LogP contribution in [0, 0.1) is 15.5 Å². The maximum Gasteiger partial charge on any atom is 0.310 e. The average Bonchev–Trinajstić information content (AvgIpc) is 2.46. The number of rotatable bonds is 5. The van der Waals surface area contributed by atoms with Crippen molar-refractivity contribution in [3.8, 4) is 5.75 Å². The Morgan fingerprint density at radius 3 is 2.58 bits per heavy atom. The molecule has 0 radical (unpaired) electrons. The summed E-state index contributed by atoms with van der Waals surface area (Å²) in [7, 11) is 0. The Bertz CT molecular complexity index is 444. The second kappa shape index (κ2) is 6.37. The van der Waals surface area contributed by atoms with E-state index in [1.165, 1.54) is 25.3 Å². The summed E-state index contributed by atoms with van der Waals surface area (Å²) in [6.07, 6.45) is 5.95. The van der Waals surface area contributed by atoms with Crippen LogP contribution in [-0.4, -0.2) is 16.9 Å². The van der Waals surface area contributed by atoms with Crippen molar-refractivity contribution < 1.29 is 9.66 Å². The largest absolute Gasteiger partial charge is 0.486 e. The number of nitrogens with zero attached hydrogens (tertiary/aromatic N) is 1. The minimum atomic E-state index is -0.392. The van der Waals surface area contributed by atoms with E-state index >= 15 is 0 Å². The second-order valence-electron chi connectivity index (χ2n) is 5.21. The molecule has 19 heavy (non-hydrogen) atoms. The molecule has 1 fully saturated rings. The fourth-order valence-corrected chi connectivity index (χ4v) is 3.30. The Kier molecular flexibility index (Phi) is 4.80. The van der Waals surface area contributed by atoms with Crippen LogP contribution >= 0.6 is 15.9 Å². The van der Waals surface area contributed by atoms with Gasteiger partial charge in [-0.2, -0.15) is 0 Å². The molecule has 4 nitrogen and oxygen atoms in total. The molecule has 0 saturated heterocycles. The molecule has 1 saturated carbocycles. The Morgan fingerprint density at radius 2 is 1.95 bits per heavy atom. The van der Waals surface area contributed by atoms with E-state index in [0.29, 0.717) is 12.4 Å². The molecule has 0 heterocycles. The van der Waals surface area contributed by atoms with Crippen molar-refractivity contribution in [3.63, 3.8) is 0 Å². The molecule has 104 valence electrons. The monoisotopic (exact) mass is 327 g/mol. The first-order chi connectivity index (χ1) is 9.17. The molecule has 0 amide bonds. The van der Waals surface area contributed by atoms with Gasteiger partial charge in [0, 0.05) is 16.8 Å². The first-order valence-corrected chi connectivity index (χ1v) is 7.71. The summed E-state index contributed by atoms with van der Waals surface area (Å²) >= 11 is 3.58. The van der Waals surface area contributed by atoms with Crippen LogP contribution in [0.5, 0.6) is 5.75 Å². The predicted octanol–water partition coefficient (Wildman–Crippen LogP) is 4.32. The summed E-state index contributed by atoms with van der Waals surface area (Å²) in [6.45, 7) is 0.545. The van der Waals surface area contributed by atoms with Crippen LogP contribution in [0.1, 0.15) is 32.1 Å². The third-order valence-corrected chi connectivity index (χ3v) is 4.98. The minimum Gasteiger partial charge on any atom is -0.486 e. The van der Waals surface area contributed by atoms with Gasteiger partial charge in [-0.3, -0.25) is 10.1 Å². The maximum absolute atomic E-state index is 10.9. The zero-order valence-corrected chi connectivity index (χ0v) is 12.4. The van der Waals surface area contributed by atoms with Gasteiger partial charge in [-0.25, -0.2) is 0 Å². The van der Waals surface area contributed by atoms with Gasteiger partial charge in [0.1, 0.15) is 0 Å². The highest BCUT2D eigenvalue weighted by molar-refractivity contribution is 9.09. The zero-order valence-electron chi connectivity index (χ0n) is 10.8. The second-order valence-corrected chi connectivity index (χ2v) is 5.77. The van der Waals surface area contributed by atoms with Crippen LogP contribution in [0.15, 0.2) is 24.3 Å². The van der Waals surface area contributed by atoms with Gasteiger partial charge >= 0.3 is 5.69 Å². The normalized spacial score (nSPS) is 17.9. The number of alkyl halides is 1. The van der Waals surface area contributed by atoms with E-state index in [2.05, 4.69) is 15.9 Å². The fourth-order valence-electron chi connectivity index (χ4n) is 2.58. The topological polar surface area (TPSA) is 52.4 Å². The highest BCUT2D eigenvalue weighted by Gasteiger charge is 2.32. The van der Waals surface area contributed by atoms with Crippen LogP contribution in [0.3, 0.4) is 0 Å². The fraction of sp³-hybridized carbons (Fsp3) is 0.571. The molecule has 0 N–H and O–H groups in total. The van der Waals surface area contributed by atoms with Crippen molar-refractivity contribution in [2.24, 2.45) is 5.41 Å². The van der Waals surface area contributed by atoms with Gasteiger partial charge in [0.15, 0.2) is 5.75 Å². The number of hydrogen-bond donors (Lipinski definition) is 0. The van der Waals surface area contributed by atoms with Crippen molar-refractivity contribution in [2.45, 2.75) is 32.1 Å². The minimum absolute atomic E-state index is 0.0445. The summed E-state index contributed by atoms with van der Waals surface area (Å²) in [6, 6.07) is 6.58. The molecule has 1 aromatic rings. The average molecular weight is 328 g/mol. The van der Waals surface area contributed by atoms with E-state index in [4.69, 9.17) is 4.74 Å². The van der Waals surface area contributed by atoms with Gasteiger partial charge in [0.2, 0.25) is 0 Å². The number of benzene rings is 1. The lowest BCUT2D eigenvalue weighted by Crippen LogP contribution is -2.32. The smallest absolute Gasteiger partial charge is 0.310 e. The first kappa shape index (κ1) is 14.3. The zero-order chi connectivity index (χ0) is 13.7. The SMILES string of the molecule is O=[N+]([O-])c1ccccc1OCC1(CBr)CCCCC1. The number of nitro groups is 1. The lowest BCUT2D eigenvalue weighted by molar-refractivity contribution is -0.386. The molecular formula is C14H18BrNO3. The summed E-state index contributed by atoms with van der Waals surface area (Å²) in [5.41, 5.74) is 0.171. The van der Waals surface area contributed by atoms with Gasteiger partial charge in [-0.15, -0.1) is 0 Å². The van der Waals surface area contributed by atoms with Crippen molar-refractivity contribution in [3.05, 3.63) is 34.4 Å². The van der Waals surface area contributed by atoms with Gasteiger partial charge < -0.3 is 4.74 Å². The molecule has 0 aromatic heterocycles. The van der Waals surface area contributed by atoms with E-state index in [1.807, 2.05) is 0 Å². The van der Waals surface area contributed by atoms with E-state index < -0.39 is 4.92 Å². The van der Waals surface area contributed by atoms with Crippen LogP contribution in [0.2, 0.25) is 0 Å². The molecular weight excluding hydrogens is 310 g/mol. The lowest BCUT2D eigenvalue weighted by atomic mass is 9.76. The molecule has 1 aliphatic carbocycles. The summed E-state index contributed by atoms with van der Waals surface area (Å²) in [5.74, 6) is 0.374. The summed E-state index contributed by atoms with van der Waals surface area (Å²) in [4.78, 5) is 10.5. The quantitative estimate of drug-likeness (QED) is 0.459. The summed E-state index contributed by atoms with van der Waals surface area (Å²) in [5, 5.41) is 11.8. The third kappa shape index (κ3) is 3.47. The van der Waals surface area contributed by atoms with Gasteiger partial charge in [-0.05, 0) is 18.9 Å². The first-order valence-electron chi connectivity index (χ1n) is 6.59. The van der Waals surface area contributed by atoms with Gasteiger partial charge in [0.05, 0.1) is 11.5 Å². The van der Waals surface area contributed by atoms with Gasteiger partial charge in [-0.1, -0.05) is 47.3 Å². The molecule has 5 heteroatoms. The van der Waals surface area contributed by atoms with Crippen molar-refractivity contribution in [1.29, 1.82) is 0 Å². The lowest BCUT2D eigenvalue weighted by Gasteiger charge is -2.35. The van der Waals surface area contributed by atoms with Crippen LogP contribution < -0.4 is 4.74 Å². The van der Waals surface area contributed by atoms with Crippen molar-refractivity contribution in [1.82, 2.24) is 0 Å².